The predicted octanol–water partition coefficient (Wildman–Crippen LogP) is 3.20. The monoisotopic (exact) mass is 284 g/mol. The Balaban J connectivity index is 2.11. The highest BCUT2D eigenvalue weighted by Gasteiger charge is 2.30. The highest BCUT2D eigenvalue weighted by molar-refractivity contribution is 5.66. The molecule has 2 rings (SSSR count). The Bertz CT molecular complexity index is 606. The Morgan fingerprint density at radius 1 is 1.30 bits per heavy atom. The van der Waals surface area contributed by atoms with E-state index in [4.69, 9.17) is 10.2 Å². The van der Waals surface area contributed by atoms with E-state index in [9.17, 15) is 13.2 Å². The van der Waals surface area contributed by atoms with Crippen LogP contribution in [0.1, 0.15) is 17.1 Å². The normalized spacial score (nSPS) is 12.0. The second-order valence-corrected chi connectivity index (χ2v) is 3.83. The maximum Gasteiger partial charge on any atom is 0.573 e. The summed E-state index contributed by atoms with van der Waals surface area (Å²) in [7, 11) is 0. The molecule has 0 atom stereocenters. The molecule has 7 heteroatoms. The molecule has 0 unspecified atom stereocenters. The van der Waals surface area contributed by atoms with E-state index in [2.05, 4.69) is 9.72 Å². The van der Waals surface area contributed by atoms with E-state index < -0.39 is 6.36 Å². The maximum absolute atomic E-state index is 12.1. The summed E-state index contributed by atoms with van der Waals surface area (Å²) in [6, 6.07) is 5.58. The van der Waals surface area contributed by atoms with Gasteiger partial charge in [0, 0.05) is 12.6 Å². The maximum atomic E-state index is 12.1. The van der Waals surface area contributed by atoms with E-state index in [1.807, 2.05) is 0 Å². The average Bonchev–Trinajstić information content (AvgIpc) is 2.83. The molecule has 0 fully saturated rings. The fraction of sp³-hybridized carbons (Fsp3) is 0.154. The van der Waals surface area contributed by atoms with Crippen molar-refractivity contribution in [2.75, 3.05) is 0 Å². The second kappa shape index (κ2) is 5.79. The van der Waals surface area contributed by atoms with Gasteiger partial charge in [0.1, 0.15) is 12.0 Å². The van der Waals surface area contributed by atoms with Crippen LogP contribution >= 0.6 is 0 Å². The molecule has 0 aliphatic heterocycles. The van der Waals surface area contributed by atoms with E-state index in [1.54, 1.807) is 12.1 Å². The topological polar surface area (TPSA) is 61.3 Å². The fourth-order valence-electron chi connectivity index (χ4n) is 1.48. The lowest BCUT2D eigenvalue weighted by molar-refractivity contribution is -0.274. The zero-order chi connectivity index (χ0) is 14.6. The molecule has 0 bridgehead atoms. The van der Waals surface area contributed by atoms with Gasteiger partial charge in [0.05, 0.1) is 5.69 Å². The molecule has 1 aromatic heterocycles. The first-order valence-corrected chi connectivity index (χ1v) is 5.64. The Kier molecular flexibility index (Phi) is 4.09. The van der Waals surface area contributed by atoms with Gasteiger partial charge in [-0.3, -0.25) is 0 Å². The molecule has 0 aliphatic rings. The van der Waals surface area contributed by atoms with E-state index >= 15 is 0 Å². The van der Waals surface area contributed by atoms with Crippen LogP contribution in [0.4, 0.5) is 13.2 Å². The molecule has 0 spiro atoms. The molecular weight excluding hydrogens is 273 g/mol. The third-order valence-electron chi connectivity index (χ3n) is 2.29. The molecule has 0 radical (unpaired) electrons. The van der Waals surface area contributed by atoms with Crippen molar-refractivity contribution in [2.45, 2.75) is 12.9 Å². The molecule has 0 saturated heterocycles. The summed E-state index contributed by atoms with van der Waals surface area (Å²) in [4.78, 5) is 4.04. The minimum Gasteiger partial charge on any atom is -0.445 e. The molecule has 106 valence electrons. The lowest BCUT2D eigenvalue weighted by atomic mass is 10.2. The number of hydrogen-bond acceptors (Lipinski definition) is 4. The van der Waals surface area contributed by atoms with Crippen molar-refractivity contribution >= 4 is 12.2 Å². The van der Waals surface area contributed by atoms with Gasteiger partial charge < -0.3 is 14.9 Å². The molecule has 20 heavy (non-hydrogen) atoms. The molecule has 2 aromatic rings. The molecule has 1 aromatic carbocycles. The third kappa shape index (κ3) is 4.13. The third-order valence-corrected chi connectivity index (χ3v) is 2.29. The average molecular weight is 284 g/mol. The summed E-state index contributed by atoms with van der Waals surface area (Å²) in [5, 5.41) is 0. The summed E-state index contributed by atoms with van der Waals surface area (Å²) in [6.07, 6.45) is -0.189. The van der Waals surface area contributed by atoms with Gasteiger partial charge in [-0.25, -0.2) is 4.98 Å². The van der Waals surface area contributed by atoms with Crippen LogP contribution in [-0.4, -0.2) is 11.3 Å². The lowest BCUT2D eigenvalue weighted by Crippen LogP contribution is -2.17. The van der Waals surface area contributed by atoms with Crippen molar-refractivity contribution in [3.63, 3.8) is 0 Å². The van der Waals surface area contributed by atoms with Crippen molar-refractivity contribution in [2.24, 2.45) is 5.73 Å². The van der Waals surface area contributed by atoms with Gasteiger partial charge in [0.25, 0.3) is 0 Å². The number of oxazole rings is 1. The van der Waals surface area contributed by atoms with Gasteiger partial charge in [0.15, 0.2) is 0 Å². The first-order valence-electron chi connectivity index (χ1n) is 5.64. The van der Waals surface area contributed by atoms with Crippen LogP contribution in [0.5, 0.6) is 5.75 Å². The van der Waals surface area contributed by atoms with Crippen LogP contribution in [0.25, 0.3) is 12.2 Å². The number of halogens is 3. The summed E-state index contributed by atoms with van der Waals surface area (Å²) >= 11 is 0. The highest BCUT2D eigenvalue weighted by atomic mass is 19.4. The van der Waals surface area contributed by atoms with Crippen molar-refractivity contribution in [1.29, 1.82) is 0 Å². The zero-order valence-electron chi connectivity index (χ0n) is 10.2. The second-order valence-electron chi connectivity index (χ2n) is 3.83. The minimum absolute atomic E-state index is 0.256. The SMILES string of the molecule is NCc1coc(C=Cc2cccc(OC(F)(F)F)c2)n1. The lowest BCUT2D eigenvalue weighted by Gasteiger charge is -2.08. The van der Waals surface area contributed by atoms with Crippen LogP contribution in [0.15, 0.2) is 34.9 Å². The number of alkyl halides is 3. The van der Waals surface area contributed by atoms with Crippen molar-refractivity contribution in [1.82, 2.24) is 4.98 Å². The summed E-state index contributed by atoms with van der Waals surface area (Å²) in [5.74, 6) is 0.0438. The van der Waals surface area contributed by atoms with Crippen LogP contribution in [0.3, 0.4) is 0 Å². The largest absolute Gasteiger partial charge is 0.573 e. The number of ether oxygens (including phenoxy) is 1. The fourth-order valence-corrected chi connectivity index (χ4v) is 1.48. The molecule has 0 aliphatic carbocycles. The number of hydrogen-bond donors (Lipinski definition) is 1. The number of nitrogens with zero attached hydrogens (tertiary/aromatic N) is 1. The minimum atomic E-state index is -4.71. The summed E-state index contributed by atoms with van der Waals surface area (Å²) in [6.45, 7) is 0.256. The first kappa shape index (κ1) is 14.1. The molecule has 0 saturated carbocycles. The van der Waals surface area contributed by atoms with Crippen LogP contribution in [-0.2, 0) is 6.54 Å². The number of nitrogens with two attached hydrogens (primary N) is 1. The zero-order valence-corrected chi connectivity index (χ0v) is 10.2. The van der Waals surface area contributed by atoms with Crippen LogP contribution in [0, 0.1) is 0 Å². The number of benzene rings is 1. The van der Waals surface area contributed by atoms with E-state index in [0.29, 0.717) is 17.1 Å². The summed E-state index contributed by atoms with van der Waals surface area (Å²) in [5.41, 5.74) is 6.50. The van der Waals surface area contributed by atoms with Crippen LogP contribution in [0.2, 0.25) is 0 Å². The van der Waals surface area contributed by atoms with E-state index in [1.165, 1.54) is 30.5 Å². The van der Waals surface area contributed by atoms with Crippen LogP contribution < -0.4 is 10.5 Å². The quantitative estimate of drug-likeness (QED) is 0.936. The van der Waals surface area contributed by atoms with Gasteiger partial charge in [-0.2, -0.15) is 0 Å². The van der Waals surface area contributed by atoms with Gasteiger partial charge >= 0.3 is 6.36 Å². The van der Waals surface area contributed by atoms with E-state index in [-0.39, 0.29) is 12.3 Å². The predicted molar refractivity (Wildman–Crippen MR) is 66.4 cm³/mol. The molecule has 0 amide bonds. The van der Waals surface area contributed by atoms with Gasteiger partial charge in [-0.15, -0.1) is 13.2 Å². The number of aromatic nitrogens is 1. The first-order chi connectivity index (χ1) is 9.46. The molecular formula is C13H11F3N2O2. The number of rotatable bonds is 4. The van der Waals surface area contributed by atoms with Gasteiger partial charge in [-0.1, -0.05) is 12.1 Å². The Morgan fingerprint density at radius 3 is 2.75 bits per heavy atom. The van der Waals surface area contributed by atoms with Gasteiger partial charge in [0.2, 0.25) is 5.89 Å². The smallest absolute Gasteiger partial charge is 0.445 e. The molecule has 2 N–H and O–H groups in total. The standard InChI is InChI=1S/C13H11F3N2O2/c14-13(15,16)20-11-3-1-2-9(6-11)4-5-12-18-10(7-17)8-19-12/h1-6,8H,7,17H2. The molecule has 4 nitrogen and oxygen atoms in total. The highest BCUT2D eigenvalue weighted by Crippen LogP contribution is 2.23. The Labute approximate surface area is 112 Å². The van der Waals surface area contributed by atoms with E-state index in [0.717, 1.165) is 0 Å². The van der Waals surface area contributed by atoms with Crippen molar-refractivity contribution in [3.8, 4) is 5.75 Å². The van der Waals surface area contributed by atoms with Gasteiger partial charge in [-0.05, 0) is 23.8 Å². The Morgan fingerprint density at radius 2 is 2.10 bits per heavy atom. The molecule has 1 heterocycles. The summed E-state index contributed by atoms with van der Waals surface area (Å²) < 4.78 is 45.2. The van der Waals surface area contributed by atoms with Crippen molar-refractivity contribution in [3.05, 3.63) is 47.7 Å². The Hall–Kier alpha value is -2.28. The van der Waals surface area contributed by atoms with Crippen molar-refractivity contribution < 1.29 is 22.3 Å².